The number of nitrogens with zero attached hydrogens (tertiary/aromatic N) is 4. The van der Waals surface area contributed by atoms with Gasteiger partial charge < -0.3 is 11.1 Å². The van der Waals surface area contributed by atoms with E-state index in [1.807, 2.05) is 6.07 Å². The number of nitrogen functional groups attached to an aromatic ring is 1. The SMILES string of the molecule is C=NC(=O)Cc1cc(N)c(-n2c(C)cnc(NCCc3cccc(F)c3)c2=O)nc1C. The van der Waals surface area contributed by atoms with E-state index >= 15 is 0 Å². The average molecular weight is 422 g/mol. The molecule has 0 aliphatic heterocycles. The number of aryl methyl sites for hydroxylation is 2. The van der Waals surface area contributed by atoms with Crippen LogP contribution in [0.15, 0.2) is 46.3 Å². The number of nitrogens with two attached hydrogens (primary N) is 1. The number of rotatable bonds is 7. The molecule has 0 saturated carbocycles. The first kappa shape index (κ1) is 21.8. The highest BCUT2D eigenvalue weighted by Gasteiger charge is 2.16. The second-order valence-electron chi connectivity index (χ2n) is 7.07. The third-order valence-corrected chi connectivity index (χ3v) is 4.79. The molecule has 0 aliphatic carbocycles. The van der Waals surface area contributed by atoms with Gasteiger partial charge in [0.05, 0.1) is 12.1 Å². The van der Waals surface area contributed by atoms with Gasteiger partial charge in [-0.15, -0.1) is 0 Å². The summed E-state index contributed by atoms with van der Waals surface area (Å²) < 4.78 is 14.7. The highest BCUT2D eigenvalue weighted by molar-refractivity contribution is 5.83. The zero-order valence-corrected chi connectivity index (χ0v) is 17.4. The number of hydrogen-bond acceptors (Lipinski definition) is 6. The maximum absolute atomic E-state index is 13.3. The van der Waals surface area contributed by atoms with E-state index in [1.165, 1.54) is 16.7 Å². The van der Waals surface area contributed by atoms with Crippen molar-refractivity contribution in [2.24, 2.45) is 4.99 Å². The molecule has 0 unspecified atom stereocenters. The molecule has 0 aliphatic rings. The van der Waals surface area contributed by atoms with Crippen molar-refractivity contribution in [2.45, 2.75) is 26.7 Å². The minimum absolute atomic E-state index is 0.0317. The Morgan fingerprint density at radius 3 is 2.81 bits per heavy atom. The van der Waals surface area contributed by atoms with Gasteiger partial charge in [-0.3, -0.25) is 14.2 Å². The maximum atomic E-state index is 13.3. The molecule has 3 N–H and O–H groups in total. The fraction of sp³-hybridized carbons (Fsp3) is 0.227. The molecule has 9 heteroatoms. The molecular formula is C22H23FN6O2. The van der Waals surface area contributed by atoms with Crippen LogP contribution in [0.3, 0.4) is 0 Å². The summed E-state index contributed by atoms with van der Waals surface area (Å²) in [5.41, 5.74) is 8.54. The number of anilines is 2. The van der Waals surface area contributed by atoms with E-state index in [0.717, 1.165) is 5.56 Å². The highest BCUT2D eigenvalue weighted by atomic mass is 19.1. The van der Waals surface area contributed by atoms with Crippen LogP contribution >= 0.6 is 0 Å². The molecule has 2 aromatic heterocycles. The average Bonchev–Trinajstić information content (AvgIpc) is 2.73. The first-order chi connectivity index (χ1) is 14.8. The van der Waals surface area contributed by atoms with Crippen LogP contribution in [0.5, 0.6) is 0 Å². The molecule has 1 aromatic carbocycles. The van der Waals surface area contributed by atoms with Gasteiger partial charge in [0, 0.05) is 24.1 Å². The summed E-state index contributed by atoms with van der Waals surface area (Å²) in [5.74, 6) is -0.298. The molecule has 3 rings (SSSR count). The summed E-state index contributed by atoms with van der Waals surface area (Å²) in [7, 11) is 0. The molecule has 0 atom stereocenters. The first-order valence-electron chi connectivity index (χ1n) is 9.63. The van der Waals surface area contributed by atoms with Crippen molar-refractivity contribution in [1.29, 1.82) is 0 Å². The van der Waals surface area contributed by atoms with Crippen molar-refractivity contribution >= 4 is 24.1 Å². The third-order valence-electron chi connectivity index (χ3n) is 4.79. The number of aromatic nitrogens is 3. The number of hydrogen-bond donors (Lipinski definition) is 2. The largest absolute Gasteiger partial charge is 0.396 e. The van der Waals surface area contributed by atoms with Crippen LogP contribution in [0.2, 0.25) is 0 Å². The number of halogens is 1. The van der Waals surface area contributed by atoms with Crippen molar-refractivity contribution in [3.8, 4) is 5.82 Å². The Labute approximate surface area is 178 Å². The van der Waals surface area contributed by atoms with E-state index in [2.05, 4.69) is 27.0 Å². The maximum Gasteiger partial charge on any atom is 0.299 e. The smallest absolute Gasteiger partial charge is 0.299 e. The Balaban J connectivity index is 1.88. The van der Waals surface area contributed by atoms with Crippen molar-refractivity contribution < 1.29 is 9.18 Å². The second kappa shape index (κ2) is 9.29. The monoisotopic (exact) mass is 422 g/mol. The number of pyridine rings is 1. The van der Waals surface area contributed by atoms with Crippen molar-refractivity contribution in [3.05, 3.63) is 75.2 Å². The predicted molar refractivity (Wildman–Crippen MR) is 118 cm³/mol. The van der Waals surface area contributed by atoms with Gasteiger partial charge in [-0.1, -0.05) is 12.1 Å². The molecular weight excluding hydrogens is 399 g/mol. The number of nitrogens with one attached hydrogen (secondary N) is 1. The van der Waals surface area contributed by atoms with Gasteiger partial charge >= 0.3 is 0 Å². The van der Waals surface area contributed by atoms with Gasteiger partial charge in [0.1, 0.15) is 5.82 Å². The lowest BCUT2D eigenvalue weighted by Crippen LogP contribution is -2.27. The standard InChI is InChI=1S/C22H23FN6O2/c1-13-12-27-20(26-8-7-15-5-4-6-17(23)9-15)22(31)29(13)21-18(24)10-16(14(2)28-21)11-19(30)25-3/h4-6,9-10,12H,3,7-8,11,24H2,1-2H3,(H,26,27). The van der Waals surface area contributed by atoms with Crippen molar-refractivity contribution in [2.75, 3.05) is 17.6 Å². The zero-order valence-electron chi connectivity index (χ0n) is 17.4. The van der Waals surface area contributed by atoms with Crippen LogP contribution in [0.4, 0.5) is 15.9 Å². The Morgan fingerprint density at radius 1 is 1.32 bits per heavy atom. The lowest BCUT2D eigenvalue weighted by molar-refractivity contribution is -0.117. The summed E-state index contributed by atoms with van der Waals surface area (Å²) in [5, 5.41) is 3.00. The summed E-state index contributed by atoms with van der Waals surface area (Å²) in [6.07, 6.45) is 2.09. The summed E-state index contributed by atoms with van der Waals surface area (Å²) in [6, 6.07) is 7.90. The minimum atomic E-state index is -0.408. The van der Waals surface area contributed by atoms with Gasteiger partial charge in [0.2, 0.25) is 5.91 Å². The summed E-state index contributed by atoms with van der Waals surface area (Å²) in [6.45, 7) is 7.07. The van der Waals surface area contributed by atoms with E-state index in [-0.39, 0.29) is 35.5 Å². The van der Waals surface area contributed by atoms with Crippen molar-refractivity contribution in [1.82, 2.24) is 14.5 Å². The molecule has 1 amide bonds. The molecule has 3 aromatic rings. The van der Waals surface area contributed by atoms with Gasteiger partial charge in [-0.2, -0.15) is 0 Å². The first-order valence-corrected chi connectivity index (χ1v) is 9.63. The zero-order chi connectivity index (χ0) is 22.5. The van der Waals surface area contributed by atoms with Crippen LogP contribution in [-0.4, -0.2) is 33.7 Å². The molecule has 8 nitrogen and oxygen atoms in total. The Kier molecular flexibility index (Phi) is 6.54. The third kappa shape index (κ3) is 5.00. The van der Waals surface area contributed by atoms with Gasteiger partial charge in [-0.25, -0.2) is 19.4 Å². The van der Waals surface area contributed by atoms with E-state index in [9.17, 15) is 14.0 Å². The number of benzene rings is 1. The lowest BCUT2D eigenvalue weighted by atomic mass is 10.1. The normalized spacial score (nSPS) is 10.7. The van der Waals surface area contributed by atoms with Gasteiger partial charge in [0.15, 0.2) is 11.6 Å². The number of amides is 1. The quantitative estimate of drug-likeness (QED) is 0.565. The van der Waals surface area contributed by atoms with Crippen LogP contribution in [0, 0.1) is 19.7 Å². The van der Waals surface area contributed by atoms with Crippen molar-refractivity contribution in [3.63, 3.8) is 0 Å². The Morgan fingerprint density at radius 2 is 2.10 bits per heavy atom. The van der Waals surface area contributed by atoms with Gasteiger partial charge in [-0.05, 0) is 56.3 Å². The van der Waals surface area contributed by atoms with Gasteiger partial charge in [0.25, 0.3) is 5.56 Å². The molecule has 160 valence electrons. The Hall–Kier alpha value is -3.88. The number of aliphatic imine (C=N–C) groups is 1. The predicted octanol–water partition coefficient (Wildman–Crippen LogP) is 2.39. The molecule has 31 heavy (non-hydrogen) atoms. The number of carbonyl (C=O) groups is 1. The second-order valence-corrected chi connectivity index (χ2v) is 7.07. The van der Waals surface area contributed by atoms with E-state index < -0.39 is 5.56 Å². The molecule has 0 saturated heterocycles. The topological polar surface area (TPSA) is 115 Å². The fourth-order valence-electron chi connectivity index (χ4n) is 3.17. The summed E-state index contributed by atoms with van der Waals surface area (Å²) in [4.78, 5) is 36.7. The van der Waals surface area contributed by atoms with E-state index in [4.69, 9.17) is 5.73 Å². The van der Waals surface area contributed by atoms with Crippen LogP contribution in [0.1, 0.15) is 22.5 Å². The molecule has 0 fully saturated rings. The molecule has 0 bridgehead atoms. The van der Waals surface area contributed by atoms with Crippen LogP contribution in [0.25, 0.3) is 5.82 Å². The molecule has 0 spiro atoms. The van der Waals surface area contributed by atoms with Crippen LogP contribution in [-0.2, 0) is 17.6 Å². The fourth-order valence-corrected chi connectivity index (χ4v) is 3.17. The summed E-state index contributed by atoms with van der Waals surface area (Å²) >= 11 is 0. The molecule has 0 radical (unpaired) electrons. The van der Waals surface area contributed by atoms with E-state index in [1.54, 1.807) is 32.2 Å². The number of carbonyl (C=O) groups excluding carboxylic acids is 1. The van der Waals surface area contributed by atoms with Crippen LogP contribution < -0.4 is 16.6 Å². The highest BCUT2D eigenvalue weighted by Crippen LogP contribution is 2.20. The minimum Gasteiger partial charge on any atom is -0.396 e. The molecule has 2 heterocycles. The lowest BCUT2D eigenvalue weighted by Gasteiger charge is -2.15. The Bertz CT molecular complexity index is 1210. The van der Waals surface area contributed by atoms with E-state index in [0.29, 0.717) is 29.9 Å².